The molecule has 76 valence electrons. The predicted octanol–water partition coefficient (Wildman–Crippen LogP) is 3.63. The molecule has 0 aliphatic rings. The fourth-order valence-corrected chi connectivity index (χ4v) is 1.65. The van der Waals surface area contributed by atoms with Crippen LogP contribution in [0.3, 0.4) is 0 Å². The molecule has 0 fully saturated rings. The van der Waals surface area contributed by atoms with Crippen LogP contribution in [0.2, 0.25) is 0 Å². The molecule has 1 heterocycles. The molecule has 0 aliphatic heterocycles. The van der Waals surface area contributed by atoms with E-state index < -0.39 is 0 Å². The summed E-state index contributed by atoms with van der Waals surface area (Å²) in [5.41, 5.74) is 2.69. The smallest absolute Gasteiger partial charge is 0.123 e. The van der Waals surface area contributed by atoms with E-state index >= 15 is 0 Å². The van der Waals surface area contributed by atoms with Crippen LogP contribution in [0.25, 0.3) is 11.1 Å². The molecule has 0 N–H and O–H groups in total. The molecule has 0 spiro atoms. The number of nitrogens with zero attached hydrogens (tertiary/aromatic N) is 1. The van der Waals surface area contributed by atoms with Crippen molar-refractivity contribution in [2.45, 2.75) is 5.88 Å². The summed E-state index contributed by atoms with van der Waals surface area (Å²) >= 11 is 5.78. The lowest BCUT2D eigenvalue weighted by atomic mass is 10.0. The van der Waals surface area contributed by atoms with Crippen LogP contribution >= 0.6 is 11.6 Å². The Morgan fingerprint density at radius 3 is 2.53 bits per heavy atom. The lowest BCUT2D eigenvalue weighted by molar-refractivity contribution is 0.628. The van der Waals surface area contributed by atoms with Gasteiger partial charge in [0.05, 0.1) is 11.6 Å². The van der Waals surface area contributed by atoms with Crippen molar-refractivity contribution >= 4 is 11.6 Å². The topological polar surface area (TPSA) is 12.9 Å². The number of rotatable bonds is 2. The molecular formula is C12H9ClFN. The zero-order valence-corrected chi connectivity index (χ0v) is 8.71. The highest BCUT2D eigenvalue weighted by atomic mass is 35.5. The van der Waals surface area contributed by atoms with E-state index in [1.807, 2.05) is 12.1 Å². The SMILES string of the molecule is Fc1ccc(-c2cccnc2CCl)cc1. The summed E-state index contributed by atoms with van der Waals surface area (Å²) < 4.78 is 12.7. The van der Waals surface area contributed by atoms with Gasteiger partial charge in [-0.1, -0.05) is 18.2 Å². The van der Waals surface area contributed by atoms with Gasteiger partial charge in [-0.05, 0) is 23.8 Å². The molecule has 0 saturated heterocycles. The average molecular weight is 222 g/mol. The van der Waals surface area contributed by atoms with Crippen molar-refractivity contribution in [1.82, 2.24) is 4.98 Å². The zero-order valence-electron chi connectivity index (χ0n) is 7.95. The van der Waals surface area contributed by atoms with E-state index in [0.717, 1.165) is 16.8 Å². The monoisotopic (exact) mass is 221 g/mol. The van der Waals surface area contributed by atoms with Gasteiger partial charge < -0.3 is 0 Å². The molecular weight excluding hydrogens is 213 g/mol. The van der Waals surface area contributed by atoms with Gasteiger partial charge in [0.2, 0.25) is 0 Å². The van der Waals surface area contributed by atoms with Crippen LogP contribution in [-0.4, -0.2) is 4.98 Å². The minimum absolute atomic E-state index is 0.241. The normalized spacial score (nSPS) is 10.3. The second kappa shape index (κ2) is 4.41. The number of benzene rings is 1. The molecule has 1 nitrogen and oxygen atoms in total. The summed E-state index contributed by atoms with van der Waals surface area (Å²) in [5, 5.41) is 0. The van der Waals surface area contributed by atoms with Gasteiger partial charge in [-0.25, -0.2) is 4.39 Å². The molecule has 0 saturated carbocycles. The number of hydrogen-bond acceptors (Lipinski definition) is 1. The Morgan fingerprint density at radius 1 is 1.13 bits per heavy atom. The highest BCUT2D eigenvalue weighted by molar-refractivity contribution is 6.17. The predicted molar refractivity (Wildman–Crippen MR) is 59.2 cm³/mol. The highest BCUT2D eigenvalue weighted by Gasteiger charge is 2.04. The van der Waals surface area contributed by atoms with Gasteiger partial charge >= 0.3 is 0 Å². The van der Waals surface area contributed by atoms with Crippen molar-refractivity contribution in [1.29, 1.82) is 0 Å². The molecule has 0 aliphatic carbocycles. The van der Waals surface area contributed by atoms with Gasteiger partial charge in [0, 0.05) is 11.8 Å². The third-order valence-corrected chi connectivity index (χ3v) is 2.43. The lowest BCUT2D eigenvalue weighted by Crippen LogP contribution is -1.89. The summed E-state index contributed by atoms with van der Waals surface area (Å²) in [6.45, 7) is 0. The minimum atomic E-state index is -0.241. The van der Waals surface area contributed by atoms with Gasteiger partial charge in [-0.3, -0.25) is 4.98 Å². The molecule has 15 heavy (non-hydrogen) atoms. The molecule has 0 bridgehead atoms. The molecule has 2 aromatic rings. The largest absolute Gasteiger partial charge is 0.259 e. The van der Waals surface area contributed by atoms with Crippen LogP contribution in [0.4, 0.5) is 4.39 Å². The lowest BCUT2D eigenvalue weighted by Gasteiger charge is -2.05. The van der Waals surface area contributed by atoms with Crippen molar-refractivity contribution in [3.8, 4) is 11.1 Å². The van der Waals surface area contributed by atoms with Crippen molar-refractivity contribution < 1.29 is 4.39 Å². The van der Waals surface area contributed by atoms with E-state index in [9.17, 15) is 4.39 Å². The van der Waals surface area contributed by atoms with E-state index in [4.69, 9.17) is 11.6 Å². The van der Waals surface area contributed by atoms with Gasteiger partial charge in [-0.2, -0.15) is 0 Å². The first-order chi connectivity index (χ1) is 7.31. The van der Waals surface area contributed by atoms with Crippen molar-refractivity contribution in [3.63, 3.8) is 0 Å². The van der Waals surface area contributed by atoms with Gasteiger partial charge in [0.1, 0.15) is 5.82 Å². The fraction of sp³-hybridized carbons (Fsp3) is 0.0833. The Morgan fingerprint density at radius 2 is 1.87 bits per heavy atom. The number of aromatic nitrogens is 1. The molecule has 0 unspecified atom stereocenters. The van der Waals surface area contributed by atoms with Crippen LogP contribution in [0, 0.1) is 5.82 Å². The first-order valence-corrected chi connectivity index (χ1v) is 5.10. The first kappa shape index (κ1) is 10.1. The number of hydrogen-bond donors (Lipinski definition) is 0. The van der Waals surface area contributed by atoms with Crippen LogP contribution < -0.4 is 0 Å². The second-order valence-electron chi connectivity index (χ2n) is 3.14. The fourth-order valence-electron chi connectivity index (χ4n) is 1.44. The maximum absolute atomic E-state index is 12.7. The minimum Gasteiger partial charge on any atom is -0.259 e. The van der Waals surface area contributed by atoms with E-state index in [2.05, 4.69) is 4.98 Å². The number of pyridine rings is 1. The first-order valence-electron chi connectivity index (χ1n) is 4.57. The standard InChI is InChI=1S/C12H9ClFN/c13-8-12-11(2-1-7-15-12)9-3-5-10(14)6-4-9/h1-7H,8H2. The van der Waals surface area contributed by atoms with Crippen LogP contribution in [0.5, 0.6) is 0 Å². The Hall–Kier alpha value is -1.41. The Bertz CT molecular complexity index is 453. The van der Waals surface area contributed by atoms with E-state index in [1.165, 1.54) is 12.1 Å². The van der Waals surface area contributed by atoms with Crippen LogP contribution in [0.1, 0.15) is 5.69 Å². The summed E-state index contributed by atoms with van der Waals surface area (Å²) in [6.07, 6.45) is 1.70. The summed E-state index contributed by atoms with van der Waals surface area (Å²) in [4.78, 5) is 4.17. The highest BCUT2D eigenvalue weighted by Crippen LogP contribution is 2.23. The Kier molecular flexibility index (Phi) is 2.97. The van der Waals surface area contributed by atoms with E-state index in [0.29, 0.717) is 5.88 Å². The van der Waals surface area contributed by atoms with E-state index in [-0.39, 0.29) is 5.82 Å². The molecule has 0 radical (unpaired) electrons. The molecule has 1 aromatic heterocycles. The van der Waals surface area contributed by atoms with Crippen molar-refractivity contribution in [2.75, 3.05) is 0 Å². The van der Waals surface area contributed by atoms with Crippen LogP contribution in [0.15, 0.2) is 42.6 Å². The maximum atomic E-state index is 12.7. The molecule has 1 aromatic carbocycles. The van der Waals surface area contributed by atoms with Gasteiger partial charge in [0.15, 0.2) is 0 Å². The number of halogens is 2. The zero-order chi connectivity index (χ0) is 10.7. The molecule has 3 heteroatoms. The van der Waals surface area contributed by atoms with Crippen LogP contribution in [-0.2, 0) is 5.88 Å². The van der Waals surface area contributed by atoms with Gasteiger partial charge in [0.25, 0.3) is 0 Å². The Labute approximate surface area is 92.5 Å². The summed E-state index contributed by atoms with van der Waals surface area (Å²) in [6, 6.07) is 10.1. The quantitative estimate of drug-likeness (QED) is 0.706. The summed E-state index contributed by atoms with van der Waals surface area (Å²) in [7, 11) is 0. The summed E-state index contributed by atoms with van der Waals surface area (Å²) in [5.74, 6) is 0.114. The molecule has 0 atom stereocenters. The maximum Gasteiger partial charge on any atom is 0.123 e. The third-order valence-electron chi connectivity index (χ3n) is 2.17. The van der Waals surface area contributed by atoms with Crippen molar-refractivity contribution in [3.05, 3.63) is 54.1 Å². The molecule has 0 amide bonds. The average Bonchev–Trinajstić information content (AvgIpc) is 2.30. The Balaban J connectivity index is 2.49. The number of alkyl halides is 1. The van der Waals surface area contributed by atoms with Crippen molar-refractivity contribution in [2.24, 2.45) is 0 Å². The molecule has 2 rings (SSSR count). The second-order valence-corrected chi connectivity index (χ2v) is 3.41. The third kappa shape index (κ3) is 2.16. The van der Waals surface area contributed by atoms with E-state index in [1.54, 1.807) is 18.3 Å². The van der Waals surface area contributed by atoms with Gasteiger partial charge in [-0.15, -0.1) is 11.6 Å².